The Hall–Kier alpha value is -4.41. The number of hydrazone groups is 1. The van der Waals surface area contributed by atoms with Crippen LogP contribution in [0.25, 0.3) is 6.08 Å². The van der Waals surface area contributed by atoms with Crippen LogP contribution in [0.5, 0.6) is 0 Å². The van der Waals surface area contributed by atoms with E-state index in [0.29, 0.717) is 37.7 Å². The molecule has 4 heterocycles. The van der Waals surface area contributed by atoms with Crippen molar-refractivity contribution >= 4 is 57.7 Å². The number of amides is 2. The number of thiophene rings is 1. The zero-order chi connectivity index (χ0) is 27.1. The Morgan fingerprint density at radius 3 is 2.38 bits per heavy atom. The summed E-state index contributed by atoms with van der Waals surface area (Å²) in [7, 11) is 0. The van der Waals surface area contributed by atoms with Crippen molar-refractivity contribution in [3.05, 3.63) is 114 Å². The Morgan fingerprint density at radius 1 is 0.974 bits per heavy atom. The molecule has 1 N–H and O–H groups in total. The van der Waals surface area contributed by atoms with Gasteiger partial charge in [-0.1, -0.05) is 53.8 Å². The van der Waals surface area contributed by atoms with E-state index in [0.717, 1.165) is 4.88 Å². The quantitative estimate of drug-likeness (QED) is 0.406. The number of hydrogen-bond donors (Lipinski definition) is 1. The monoisotopic (exact) mass is 553 g/mol. The third kappa shape index (κ3) is 4.47. The number of anilines is 2. The minimum atomic E-state index is -0.672. The molecule has 8 nitrogen and oxygen atoms in total. The van der Waals surface area contributed by atoms with Crippen LogP contribution in [0.1, 0.15) is 24.8 Å². The molecule has 2 amide bonds. The molecule has 0 bridgehead atoms. The molecule has 2 aromatic carbocycles. The van der Waals surface area contributed by atoms with E-state index in [-0.39, 0.29) is 17.4 Å². The zero-order valence-electron chi connectivity index (χ0n) is 21.1. The van der Waals surface area contributed by atoms with Crippen molar-refractivity contribution in [2.45, 2.75) is 19.9 Å². The van der Waals surface area contributed by atoms with Crippen molar-refractivity contribution in [1.29, 1.82) is 0 Å². The van der Waals surface area contributed by atoms with Crippen molar-refractivity contribution in [3.63, 3.8) is 0 Å². The summed E-state index contributed by atoms with van der Waals surface area (Å²) in [6, 6.07) is 21.6. The molecule has 2 atom stereocenters. The van der Waals surface area contributed by atoms with E-state index in [1.807, 2.05) is 78.2 Å². The molecule has 0 unspecified atom stereocenters. The zero-order valence-corrected chi connectivity index (χ0v) is 22.7. The molecular weight excluding hydrogens is 530 g/mol. The fourth-order valence-corrected chi connectivity index (χ4v) is 6.62. The van der Waals surface area contributed by atoms with Crippen molar-refractivity contribution < 1.29 is 9.59 Å². The van der Waals surface area contributed by atoms with Crippen LogP contribution in [-0.2, 0) is 9.59 Å². The molecule has 0 saturated carbocycles. The number of benzene rings is 2. The number of rotatable bonds is 5. The molecule has 4 aromatic rings. The fraction of sp³-hybridized carbons (Fsp3) is 0.138. The molecule has 0 aliphatic carbocycles. The second kappa shape index (κ2) is 10.0. The van der Waals surface area contributed by atoms with Crippen LogP contribution in [0.3, 0.4) is 0 Å². The molecule has 0 saturated heterocycles. The van der Waals surface area contributed by atoms with E-state index in [1.54, 1.807) is 24.5 Å². The first-order valence-corrected chi connectivity index (χ1v) is 14.0. The van der Waals surface area contributed by atoms with Crippen LogP contribution in [0.15, 0.2) is 104 Å². The standard InChI is InChI=1S/C29H23N5O3S2/c1-17-21(27(36)34(32-17)20-12-7-4-8-13-20)16-23-28(37)33-25(22-14-9-15-38-22)24(18(2)30-29(33)39-23)26(35)31-19-10-5-3-6-11-19/h3-16,21,25H,1-2H3,(H,31,35)/b23-16+/t21-,25+/m1/s1. The largest absolute Gasteiger partial charge is 0.322 e. The SMILES string of the molecule is CC1=NN(c2ccccc2)C(=O)[C@@H]1/C=c1/sc2n(c1=O)[C@@H](c1cccs1)C(C(=O)Nc1ccccc1)=C(C)N=2. The lowest BCUT2D eigenvalue weighted by molar-refractivity contribution is -0.118. The number of nitrogens with one attached hydrogen (secondary N) is 1. The van der Waals surface area contributed by atoms with E-state index in [1.165, 1.54) is 27.7 Å². The van der Waals surface area contributed by atoms with E-state index in [4.69, 9.17) is 0 Å². The van der Waals surface area contributed by atoms with Gasteiger partial charge in [-0.15, -0.1) is 11.3 Å². The minimum Gasteiger partial charge on any atom is -0.322 e. The van der Waals surface area contributed by atoms with Gasteiger partial charge in [0.2, 0.25) is 0 Å². The van der Waals surface area contributed by atoms with Crippen molar-refractivity contribution in [2.75, 3.05) is 10.3 Å². The number of allylic oxidation sites excluding steroid dienone is 1. The summed E-state index contributed by atoms with van der Waals surface area (Å²) in [5, 5.41) is 10.7. The highest BCUT2D eigenvalue weighted by Gasteiger charge is 2.35. The lowest BCUT2D eigenvalue weighted by Crippen LogP contribution is -2.40. The molecule has 194 valence electrons. The highest BCUT2D eigenvalue weighted by molar-refractivity contribution is 7.10. The predicted octanol–water partition coefficient (Wildman–Crippen LogP) is 3.93. The normalized spacial score (nSPS) is 19.1. The molecule has 2 aliphatic rings. The maximum atomic E-state index is 13.9. The summed E-state index contributed by atoms with van der Waals surface area (Å²) >= 11 is 2.68. The van der Waals surface area contributed by atoms with E-state index in [9.17, 15) is 14.4 Å². The number of aromatic nitrogens is 1. The Balaban J connectivity index is 1.42. The maximum Gasteiger partial charge on any atom is 0.270 e. The summed E-state index contributed by atoms with van der Waals surface area (Å²) in [6.07, 6.45) is 1.67. The number of carbonyl (C=O) groups is 2. The smallest absolute Gasteiger partial charge is 0.270 e. The summed E-state index contributed by atoms with van der Waals surface area (Å²) < 4.78 is 1.95. The second-order valence-electron chi connectivity index (χ2n) is 9.14. The molecule has 10 heteroatoms. The van der Waals surface area contributed by atoms with Gasteiger partial charge in [0, 0.05) is 10.6 Å². The minimum absolute atomic E-state index is 0.224. The molecule has 0 radical (unpaired) electrons. The van der Waals surface area contributed by atoms with Crippen molar-refractivity contribution in [1.82, 2.24) is 4.57 Å². The first-order chi connectivity index (χ1) is 18.9. The highest BCUT2D eigenvalue weighted by atomic mass is 32.1. The molecule has 2 aliphatic heterocycles. The van der Waals surface area contributed by atoms with Gasteiger partial charge in [-0.3, -0.25) is 19.0 Å². The Labute approximate surface area is 231 Å². The first kappa shape index (κ1) is 24.9. The van der Waals surface area contributed by atoms with E-state index in [2.05, 4.69) is 15.4 Å². The van der Waals surface area contributed by atoms with Crippen molar-refractivity contribution in [3.8, 4) is 0 Å². The van der Waals surface area contributed by atoms with Crippen LogP contribution in [0, 0.1) is 5.92 Å². The first-order valence-electron chi connectivity index (χ1n) is 12.3. The van der Waals surface area contributed by atoms with Gasteiger partial charge in [-0.05, 0) is 55.6 Å². The van der Waals surface area contributed by atoms with Gasteiger partial charge in [0.05, 0.1) is 27.2 Å². The van der Waals surface area contributed by atoms with E-state index >= 15 is 0 Å². The van der Waals surface area contributed by atoms with Crippen LogP contribution in [-0.4, -0.2) is 22.1 Å². The number of para-hydroxylation sites is 2. The highest BCUT2D eigenvalue weighted by Crippen LogP contribution is 2.33. The molecule has 0 fully saturated rings. The van der Waals surface area contributed by atoms with Gasteiger partial charge in [0.15, 0.2) is 4.80 Å². The van der Waals surface area contributed by atoms with Crippen LogP contribution < -0.4 is 25.2 Å². The number of carbonyl (C=O) groups excluding carboxylic acids is 2. The van der Waals surface area contributed by atoms with Crippen molar-refractivity contribution in [2.24, 2.45) is 16.0 Å². The van der Waals surface area contributed by atoms with Gasteiger partial charge in [-0.2, -0.15) is 10.1 Å². The van der Waals surface area contributed by atoms with Gasteiger partial charge in [0.25, 0.3) is 17.4 Å². The number of thiazole rings is 1. The van der Waals surface area contributed by atoms with E-state index < -0.39 is 12.0 Å². The average Bonchev–Trinajstić information content (AvgIpc) is 3.65. The van der Waals surface area contributed by atoms with Crippen LogP contribution >= 0.6 is 22.7 Å². The van der Waals surface area contributed by atoms with Crippen LogP contribution in [0.4, 0.5) is 11.4 Å². The number of nitrogens with zero attached hydrogens (tertiary/aromatic N) is 4. The van der Waals surface area contributed by atoms with Crippen LogP contribution in [0.2, 0.25) is 0 Å². The van der Waals surface area contributed by atoms with Gasteiger partial charge in [0.1, 0.15) is 12.0 Å². The lowest BCUT2D eigenvalue weighted by Gasteiger charge is -2.24. The number of fused-ring (bicyclic) bond motifs is 1. The Bertz CT molecular complexity index is 1820. The topological polar surface area (TPSA) is 96.1 Å². The maximum absolute atomic E-state index is 13.9. The van der Waals surface area contributed by atoms with Gasteiger partial charge < -0.3 is 5.32 Å². The Kier molecular flexibility index (Phi) is 6.41. The summed E-state index contributed by atoms with van der Waals surface area (Å²) in [6.45, 7) is 3.57. The molecule has 6 rings (SSSR count). The summed E-state index contributed by atoms with van der Waals surface area (Å²) in [5.41, 5.74) is 2.58. The molecular formula is C29H23N5O3S2. The van der Waals surface area contributed by atoms with Gasteiger partial charge >= 0.3 is 0 Å². The summed E-state index contributed by atoms with van der Waals surface area (Å²) in [4.78, 5) is 46.7. The average molecular weight is 554 g/mol. The summed E-state index contributed by atoms with van der Waals surface area (Å²) in [5.74, 6) is -1.21. The lowest BCUT2D eigenvalue weighted by atomic mass is 10.0. The molecule has 2 aromatic heterocycles. The predicted molar refractivity (Wildman–Crippen MR) is 155 cm³/mol. The molecule has 0 spiro atoms. The fourth-order valence-electron chi connectivity index (χ4n) is 4.74. The third-order valence-electron chi connectivity index (χ3n) is 6.61. The third-order valence-corrected chi connectivity index (χ3v) is 8.54. The molecule has 39 heavy (non-hydrogen) atoms. The van der Waals surface area contributed by atoms with Gasteiger partial charge in [-0.25, -0.2) is 4.99 Å². The Morgan fingerprint density at radius 2 is 1.69 bits per heavy atom. The number of hydrogen-bond acceptors (Lipinski definition) is 7. The second-order valence-corrected chi connectivity index (χ2v) is 11.1.